The van der Waals surface area contributed by atoms with Gasteiger partial charge in [0.1, 0.15) is 11.6 Å². The third-order valence-corrected chi connectivity index (χ3v) is 3.55. The van der Waals surface area contributed by atoms with Gasteiger partial charge < -0.3 is 5.32 Å². The Bertz CT molecular complexity index is 606. The summed E-state index contributed by atoms with van der Waals surface area (Å²) < 4.78 is 15.5. The Morgan fingerprint density at radius 1 is 1.24 bits per heavy atom. The van der Waals surface area contributed by atoms with Crippen LogP contribution in [0.2, 0.25) is 0 Å². The number of halogens is 1. The highest BCUT2D eigenvalue weighted by Gasteiger charge is 2.16. The minimum atomic E-state index is -0.229. The van der Waals surface area contributed by atoms with Gasteiger partial charge >= 0.3 is 0 Å². The van der Waals surface area contributed by atoms with Crippen molar-refractivity contribution in [2.45, 2.75) is 46.6 Å². The normalized spacial score (nSPS) is 12.6. The van der Waals surface area contributed by atoms with E-state index in [0.29, 0.717) is 0 Å². The highest BCUT2D eigenvalue weighted by Crippen LogP contribution is 2.23. The van der Waals surface area contributed by atoms with Crippen LogP contribution in [0.25, 0.3) is 5.69 Å². The summed E-state index contributed by atoms with van der Waals surface area (Å²) >= 11 is 0. The van der Waals surface area contributed by atoms with Gasteiger partial charge in [0.25, 0.3) is 0 Å². The van der Waals surface area contributed by atoms with E-state index in [9.17, 15) is 4.39 Å². The van der Waals surface area contributed by atoms with E-state index in [1.165, 1.54) is 6.07 Å². The first-order valence-electron chi connectivity index (χ1n) is 7.58. The van der Waals surface area contributed by atoms with Gasteiger partial charge in [-0.15, -0.1) is 0 Å². The molecule has 0 saturated carbocycles. The molecule has 114 valence electrons. The largest absolute Gasteiger partial charge is 0.310 e. The molecule has 1 atom stereocenters. The standard InChI is InChI=1S/C16H23FN4/c1-5-15-19-16(6-2)21(20-15)14-9-8-12(17)10-13(14)11(4)18-7-3/h8-11,18H,5-7H2,1-4H3. The van der Waals surface area contributed by atoms with Crippen molar-refractivity contribution in [2.75, 3.05) is 6.54 Å². The van der Waals surface area contributed by atoms with Crippen molar-refractivity contribution in [1.29, 1.82) is 0 Å². The molecule has 1 aromatic heterocycles. The SMILES string of the molecule is CCNC(C)c1cc(F)ccc1-n1nc(CC)nc1CC. The van der Waals surface area contributed by atoms with Crippen molar-refractivity contribution in [3.63, 3.8) is 0 Å². The van der Waals surface area contributed by atoms with Gasteiger partial charge in [-0.25, -0.2) is 14.1 Å². The van der Waals surface area contributed by atoms with E-state index >= 15 is 0 Å². The monoisotopic (exact) mass is 290 g/mol. The van der Waals surface area contributed by atoms with E-state index < -0.39 is 0 Å². The molecule has 0 fully saturated rings. The number of hydrogen-bond acceptors (Lipinski definition) is 3. The van der Waals surface area contributed by atoms with Crippen LogP contribution < -0.4 is 5.32 Å². The van der Waals surface area contributed by atoms with Crippen LogP contribution in [-0.4, -0.2) is 21.3 Å². The van der Waals surface area contributed by atoms with Gasteiger partial charge in [-0.05, 0) is 37.2 Å². The average molecular weight is 290 g/mol. The zero-order chi connectivity index (χ0) is 15.4. The summed E-state index contributed by atoms with van der Waals surface area (Å²) in [5, 5.41) is 7.89. The number of aryl methyl sites for hydroxylation is 2. The predicted octanol–water partition coefficient (Wildman–Crippen LogP) is 3.20. The molecular weight excluding hydrogens is 267 g/mol. The van der Waals surface area contributed by atoms with Crippen molar-refractivity contribution >= 4 is 0 Å². The van der Waals surface area contributed by atoms with Gasteiger partial charge in [-0.3, -0.25) is 0 Å². The summed E-state index contributed by atoms with van der Waals surface area (Å²) in [6.07, 6.45) is 1.58. The van der Waals surface area contributed by atoms with Crippen LogP contribution >= 0.6 is 0 Å². The molecule has 1 N–H and O–H groups in total. The maximum atomic E-state index is 13.6. The fourth-order valence-electron chi connectivity index (χ4n) is 2.44. The minimum absolute atomic E-state index is 0.0553. The van der Waals surface area contributed by atoms with Crippen LogP contribution in [-0.2, 0) is 12.8 Å². The van der Waals surface area contributed by atoms with Crippen molar-refractivity contribution < 1.29 is 4.39 Å². The van der Waals surface area contributed by atoms with Crippen molar-refractivity contribution in [3.8, 4) is 5.69 Å². The van der Waals surface area contributed by atoms with E-state index in [2.05, 4.69) is 22.3 Å². The van der Waals surface area contributed by atoms with Crippen molar-refractivity contribution in [1.82, 2.24) is 20.1 Å². The molecule has 0 radical (unpaired) electrons. The smallest absolute Gasteiger partial charge is 0.151 e. The van der Waals surface area contributed by atoms with Crippen molar-refractivity contribution in [3.05, 3.63) is 41.2 Å². The topological polar surface area (TPSA) is 42.7 Å². The summed E-state index contributed by atoms with van der Waals surface area (Å²) in [4.78, 5) is 4.53. The molecule has 0 bridgehead atoms. The molecule has 0 aliphatic heterocycles. The molecule has 0 saturated heterocycles. The third kappa shape index (κ3) is 3.29. The Balaban J connectivity index is 2.55. The Morgan fingerprint density at radius 2 is 2.00 bits per heavy atom. The lowest BCUT2D eigenvalue weighted by Gasteiger charge is -2.18. The first kappa shape index (κ1) is 15.6. The highest BCUT2D eigenvalue weighted by molar-refractivity contribution is 5.43. The molecular formula is C16H23FN4. The lowest BCUT2D eigenvalue weighted by Crippen LogP contribution is -2.20. The molecule has 5 heteroatoms. The Labute approximate surface area is 125 Å². The Kier molecular flexibility index (Phi) is 5.07. The van der Waals surface area contributed by atoms with E-state index in [4.69, 9.17) is 0 Å². The molecule has 0 spiro atoms. The minimum Gasteiger partial charge on any atom is -0.310 e. The summed E-state index contributed by atoms with van der Waals surface area (Å²) in [6, 6.07) is 4.89. The van der Waals surface area contributed by atoms with Gasteiger partial charge in [0.15, 0.2) is 5.82 Å². The Hall–Kier alpha value is -1.75. The molecule has 1 aromatic carbocycles. The van der Waals surface area contributed by atoms with Gasteiger partial charge in [-0.2, -0.15) is 5.10 Å². The molecule has 21 heavy (non-hydrogen) atoms. The molecule has 0 aliphatic carbocycles. The summed E-state index contributed by atoms with van der Waals surface area (Å²) in [5.74, 6) is 1.49. The highest BCUT2D eigenvalue weighted by atomic mass is 19.1. The molecule has 0 aliphatic rings. The third-order valence-electron chi connectivity index (χ3n) is 3.55. The van der Waals surface area contributed by atoms with Gasteiger partial charge in [0, 0.05) is 18.9 Å². The van der Waals surface area contributed by atoms with Crippen LogP contribution in [0.15, 0.2) is 18.2 Å². The van der Waals surface area contributed by atoms with Gasteiger partial charge in [0.2, 0.25) is 0 Å². The number of aromatic nitrogens is 3. The summed E-state index contributed by atoms with van der Waals surface area (Å²) in [6.45, 7) is 8.99. The fraction of sp³-hybridized carbons (Fsp3) is 0.500. The second-order valence-electron chi connectivity index (χ2n) is 5.05. The maximum absolute atomic E-state index is 13.6. The lowest BCUT2D eigenvalue weighted by atomic mass is 10.1. The molecule has 4 nitrogen and oxygen atoms in total. The van der Waals surface area contributed by atoms with Crippen LogP contribution in [0.5, 0.6) is 0 Å². The van der Waals surface area contributed by atoms with Crippen LogP contribution in [0, 0.1) is 5.82 Å². The van der Waals surface area contributed by atoms with E-state index in [1.807, 2.05) is 25.5 Å². The number of hydrogen-bond donors (Lipinski definition) is 1. The molecule has 2 aromatic rings. The Morgan fingerprint density at radius 3 is 2.62 bits per heavy atom. The number of nitrogens with zero attached hydrogens (tertiary/aromatic N) is 3. The van der Waals surface area contributed by atoms with Crippen LogP contribution in [0.1, 0.15) is 50.9 Å². The molecule has 2 rings (SSSR count). The number of benzene rings is 1. The molecule has 1 unspecified atom stereocenters. The fourth-order valence-corrected chi connectivity index (χ4v) is 2.44. The summed E-state index contributed by atoms with van der Waals surface area (Å²) in [7, 11) is 0. The van der Waals surface area contributed by atoms with E-state index in [0.717, 1.165) is 42.3 Å². The summed E-state index contributed by atoms with van der Waals surface area (Å²) in [5.41, 5.74) is 1.80. The zero-order valence-corrected chi connectivity index (χ0v) is 13.2. The first-order valence-corrected chi connectivity index (χ1v) is 7.58. The second kappa shape index (κ2) is 6.80. The number of rotatable bonds is 6. The molecule has 0 amide bonds. The van der Waals surface area contributed by atoms with Crippen LogP contribution in [0.3, 0.4) is 0 Å². The van der Waals surface area contributed by atoms with Crippen molar-refractivity contribution in [2.24, 2.45) is 0 Å². The average Bonchev–Trinajstić information content (AvgIpc) is 2.90. The lowest BCUT2D eigenvalue weighted by molar-refractivity contribution is 0.576. The molecule has 1 heterocycles. The number of nitrogens with one attached hydrogen (secondary N) is 1. The van der Waals surface area contributed by atoms with Crippen LogP contribution in [0.4, 0.5) is 4.39 Å². The maximum Gasteiger partial charge on any atom is 0.151 e. The second-order valence-corrected chi connectivity index (χ2v) is 5.05. The zero-order valence-electron chi connectivity index (χ0n) is 13.2. The van der Waals surface area contributed by atoms with E-state index in [1.54, 1.807) is 12.1 Å². The predicted molar refractivity (Wildman–Crippen MR) is 82.2 cm³/mol. The van der Waals surface area contributed by atoms with E-state index in [-0.39, 0.29) is 11.9 Å². The van der Waals surface area contributed by atoms with Gasteiger partial charge in [-0.1, -0.05) is 20.8 Å². The quantitative estimate of drug-likeness (QED) is 0.888. The first-order chi connectivity index (χ1) is 10.1. The van der Waals surface area contributed by atoms with Gasteiger partial charge in [0.05, 0.1) is 5.69 Å².